The van der Waals surface area contributed by atoms with E-state index >= 15 is 0 Å². The maximum absolute atomic E-state index is 5.92. The monoisotopic (exact) mass is 258 g/mol. The van der Waals surface area contributed by atoms with Crippen LogP contribution in [0.5, 0.6) is 5.88 Å². The molecule has 88 valence electrons. The van der Waals surface area contributed by atoms with Gasteiger partial charge < -0.3 is 10.1 Å². The van der Waals surface area contributed by atoms with Crippen molar-refractivity contribution in [3.63, 3.8) is 0 Å². The topological polar surface area (TPSA) is 34.1 Å². The van der Waals surface area contributed by atoms with Crippen LogP contribution in [0.1, 0.15) is 6.42 Å². The number of aromatic nitrogens is 1. The Morgan fingerprint density at radius 1 is 1.62 bits per heavy atom. The Morgan fingerprint density at radius 3 is 3.31 bits per heavy atom. The average molecular weight is 259 g/mol. The fourth-order valence-electron chi connectivity index (χ4n) is 1.58. The van der Waals surface area contributed by atoms with Crippen LogP contribution in [-0.4, -0.2) is 35.7 Å². The molecule has 0 saturated carbocycles. The second kappa shape index (κ2) is 6.33. The third-order valence-corrected chi connectivity index (χ3v) is 3.88. The minimum Gasteiger partial charge on any atom is -0.475 e. The Balaban J connectivity index is 1.66. The molecule has 1 atom stereocenters. The minimum absolute atomic E-state index is 0.520. The average Bonchev–Trinajstić information content (AvgIpc) is 2.79. The second-order valence-electron chi connectivity index (χ2n) is 3.65. The summed E-state index contributed by atoms with van der Waals surface area (Å²) in [6, 6.07) is 4.22. The highest BCUT2D eigenvalue weighted by molar-refractivity contribution is 7.99. The molecule has 1 N–H and O–H groups in total. The lowest BCUT2D eigenvalue weighted by Crippen LogP contribution is -2.32. The molecule has 2 rings (SSSR count). The number of ether oxygens (including phenoxy) is 1. The Kier molecular flexibility index (Phi) is 4.75. The normalized spacial score (nSPS) is 19.9. The maximum atomic E-state index is 5.92. The fraction of sp³-hybridized carbons (Fsp3) is 0.545. The second-order valence-corrected chi connectivity index (χ2v) is 5.21. The number of hydrogen-bond donors (Lipinski definition) is 1. The van der Waals surface area contributed by atoms with Crippen LogP contribution >= 0.6 is 23.4 Å². The minimum atomic E-state index is 0.520. The third kappa shape index (κ3) is 3.54. The number of nitrogens with one attached hydrogen (secondary N) is 1. The molecule has 0 spiro atoms. The van der Waals surface area contributed by atoms with Gasteiger partial charge >= 0.3 is 0 Å². The smallest absolute Gasteiger partial charge is 0.232 e. The van der Waals surface area contributed by atoms with E-state index in [9.17, 15) is 0 Å². The van der Waals surface area contributed by atoms with Gasteiger partial charge in [-0.15, -0.1) is 0 Å². The molecule has 1 aromatic heterocycles. The number of thioether (sulfide) groups is 1. The first kappa shape index (κ1) is 12.0. The molecule has 0 aromatic carbocycles. The van der Waals surface area contributed by atoms with Crippen LogP contribution in [0.15, 0.2) is 18.3 Å². The van der Waals surface area contributed by atoms with Gasteiger partial charge in [-0.1, -0.05) is 11.6 Å². The van der Waals surface area contributed by atoms with Gasteiger partial charge in [0.25, 0.3) is 0 Å². The molecular weight excluding hydrogens is 244 g/mol. The van der Waals surface area contributed by atoms with E-state index in [1.165, 1.54) is 17.9 Å². The molecule has 1 unspecified atom stereocenters. The van der Waals surface area contributed by atoms with Gasteiger partial charge in [0.15, 0.2) is 0 Å². The van der Waals surface area contributed by atoms with Crippen LogP contribution in [0.2, 0.25) is 5.02 Å². The summed E-state index contributed by atoms with van der Waals surface area (Å²) >= 11 is 7.92. The Bertz CT molecular complexity index is 332. The van der Waals surface area contributed by atoms with Gasteiger partial charge in [-0.05, 0) is 24.3 Å². The summed E-state index contributed by atoms with van der Waals surface area (Å²) in [5, 5.41) is 4.02. The quantitative estimate of drug-likeness (QED) is 0.822. The summed E-state index contributed by atoms with van der Waals surface area (Å²) in [6.07, 6.45) is 2.94. The molecular formula is C11H15ClN2OS. The standard InChI is InChI=1S/C11H15ClN2OS/c12-10-2-1-4-14-11(10)15-6-5-13-9-3-7-16-8-9/h1-2,4,9,13H,3,5-8H2. The highest BCUT2D eigenvalue weighted by Gasteiger charge is 2.13. The first-order valence-electron chi connectivity index (χ1n) is 5.41. The summed E-state index contributed by atoms with van der Waals surface area (Å²) in [4.78, 5) is 4.06. The number of rotatable bonds is 5. The van der Waals surface area contributed by atoms with E-state index in [1.807, 2.05) is 11.8 Å². The van der Waals surface area contributed by atoms with Gasteiger partial charge in [0.1, 0.15) is 11.6 Å². The zero-order valence-corrected chi connectivity index (χ0v) is 10.6. The highest BCUT2D eigenvalue weighted by Crippen LogP contribution is 2.19. The Hall–Kier alpha value is -0.450. The van der Waals surface area contributed by atoms with E-state index in [0.29, 0.717) is 23.6 Å². The molecule has 5 heteroatoms. The van der Waals surface area contributed by atoms with Gasteiger partial charge in [0.2, 0.25) is 5.88 Å². The summed E-state index contributed by atoms with van der Waals surface area (Å²) in [7, 11) is 0. The van der Waals surface area contributed by atoms with Crippen molar-refractivity contribution in [3.8, 4) is 5.88 Å². The lowest BCUT2D eigenvalue weighted by Gasteiger charge is -2.11. The molecule has 1 fully saturated rings. The van der Waals surface area contributed by atoms with Crippen molar-refractivity contribution in [1.82, 2.24) is 10.3 Å². The molecule has 0 aliphatic carbocycles. The number of hydrogen-bond acceptors (Lipinski definition) is 4. The van der Waals surface area contributed by atoms with Crippen LogP contribution in [0.25, 0.3) is 0 Å². The molecule has 0 amide bonds. The van der Waals surface area contributed by atoms with Crippen LogP contribution < -0.4 is 10.1 Å². The predicted molar refractivity (Wildman–Crippen MR) is 68.5 cm³/mol. The van der Waals surface area contributed by atoms with E-state index < -0.39 is 0 Å². The van der Waals surface area contributed by atoms with Crippen molar-refractivity contribution < 1.29 is 4.74 Å². The van der Waals surface area contributed by atoms with E-state index in [-0.39, 0.29) is 0 Å². The fourth-order valence-corrected chi connectivity index (χ4v) is 2.95. The van der Waals surface area contributed by atoms with Crippen LogP contribution in [0.4, 0.5) is 0 Å². The van der Waals surface area contributed by atoms with Crippen LogP contribution in [-0.2, 0) is 0 Å². The molecule has 1 aromatic rings. The molecule has 0 bridgehead atoms. The summed E-state index contributed by atoms with van der Waals surface area (Å²) in [5.74, 6) is 3.00. The molecule has 3 nitrogen and oxygen atoms in total. The van der Waals surface area contributed by atoms with Crippen molar-refractivity contribution in [1.29, 1.82) is 0 Å². The zero-order chi connectivity index (χ0) is 11.2. The zero-order valence-electron chi connectivity index (χ0n) is 8.99. The van der Waals surface area contributed by atoms with Crippen molar-refractivity contribution in [2.45, 2.75) is 12.5 Å². The molecule has 1 saturated heterocycles. The molecule has 0 radical (unpaired) electrons. The summed E-state index contributed by atoms with van der Waals surface area (Å²) in [6.45, 7) is 1.45. The van der Waals surface area contributed by atoms with Gasteiger partial charge in [-0.25, -0.2) is 4.98 Å². The van der Waals surface area contributed by atoms with Gasteiger partial charge in [-0.3, -0.25) is 0 Å². The van der Waals surface area contributed by atoms with Gasteiger partial charge in [-0.2, -0.15) is 11.8 Å². The lowest BCUT2D eigenvalue weighted by atomic mass is 10.3. The summed E-state index contributed by atoms with van der Waals surface area (Å²) < 4.78 is 5.48. The lowest BCUT2D eigenvalue weighted by molar-refractivity contribution is 0.297. The number of halogens is 1. The van der Waals surface area contributed by atoms with Gasteiger partial charge in [0, 0.05) is 24.5 Å². The molecule has 2 heterocycles. The van der Waals surface area contributed by atoms with Crippen molar-refractivity contribution in [2.75, 3.05) is 24.7 Å². The Labute approximate surface area is 105 Å². The molecule has 16 heavy (non-hydrogen) atoms. The van der Waals surface area contributed by atoms with E-state index in [2.05, 4.69) is 10.3 Å². The largest absolute Gasteiger partial charge is 0.475 e. The van der Waals surface area contributed by atoms with Crippen molar-refractivity contribution in [3.05, 3.63) is 23.4 Å². The SMILES string of the molecule is Clc1cccnc1OCCNC1CCSC1. The maximum Gasteiger partial charge on any atom is 0.232 e. The number of nitrogens with zero attached hydrogens (tertiary/aromatic N) is 1. The van der Waals surface area contributed by atoms with Crippen LogP contribution in [0, 0.1) is 0 Å². The first-order valence-corrected chi connectivity index (χ1v) is 6.94. The molecule has 1 aliphatic rings. The third-order valence-electron chi connectivity index (χ3n) is 2.43. The number of pyridine rings is 1. The van der Waals surface area contributed by atoms with E-state index in [0.717, 1.165) is 6.54 Å². The van der Waals surface area contributed by atoms with E-state index in [1.54, 1.807) is 18.3 Å². The van der Waals surface area contributed by atoms with Crippen molar-refractivity contribution in [2.24, 2.45) is 0 Å². The Morgan fingerprint density at radius 2 is 2.56 bits per heavy atom. The van der Waals surface area contributed by atoms with E-state index in [4.69, 9.17) is 16.3 Å². The molecule has 1 aliphatic heterocycles. The first-order chi connectivity index (χ1) is 7.86. The van der Waals surface area contributed by atoms with Crippen molar-refractivity contribution >= 4 is 23.4 Å². The van der Waals surface area contributed by atoms with Crippen LogP contribution in [0.3, 0.4) is 0 Å². The van der Waals surface area contributed by atoms with Gasteiger partial charge in [0.05, 0.1) is 0 Å². The predicted octanol–water partition coefficient (Wildman–Crippen LogP) is 2.21. The summed E-state index contributed by atoms with van der Waals surface area (Å²) in [5.41, 5.74) is 0. The highest BCUT2D eigenvalue weighted by atomic mass is 35.5.